The molecule has 2 aliphatic rings. The van der Waals surface area contributed by atoms with Gasteiger partial charge in [-0.1, -0.05) is 18.9 Å². The molecule has 1 heterocycles. The van der Waals surface area contributed by atoms with Gasteiger partial charge in [0.25, 0.3) is 0 Å². The highest BCUT2D eigenvalue weighted by Crippen LogP contribution is 2.21. The van der Waals surface area contributed by atoms with E-state index < -0.39 is 10.0 Å². The fraction of sp³-hybridized carbons (Fsp3) is 0.650. The van der Waals surface area contributed by atoms with E-state index in [-0.39, 0.29) is 11.9 Å². The fourth-order valence-electron chi connectivity index (χ4n) is 3.91. The standard InChI is InChI=1S/C20H31N3O3S/c1-15-8-9-19(14-16(15)2)27(25,26)23-12-10-22(11-13-23)17(3)20(24)21-18-6-4-5-7-18/h8-9,14,17-18H,4-7,10-13H2,1-3H3,(H,21,24)/t17-/m0/s1. The molecule has 6 nitrogen and oxygen atoms in total. The molecule has 1 atom stereocenters. The largest absolute Gasteiger partial charge is 0.352 e. The van der Waals surface area contributed by atoms with E-state index in [1.165, 1.54) is 17.1 Å². The Morgan fingerprint density at radius 1 is 1.07 bits per heavy atom. The third kappa shape index (κ3) is 4.52. The van der Waals surface area contributed by atoms with E-state index in [2.05, 4.69) is 10.2 Å². The molecule has 7 heteroatoms. The van der Waals surface area contributed by atoms with Crippen LogP contribution in [0.3, 0.4) is 0 Å². The van der Waals surface area contributed by atoms with Crippen molar-refractivity contribution in [1.82, 2.24) is 14.5 Å². The minimum absolute atomic E-state index is 0.0624. The van der Waals surface area contributed by atoms with Crippen LogP contribution >= 0.6 is 0 Å². The van der Waals surface area contributed by atoms with E-state index in [0.29, 0.717) is 37.1 Å². The number of benzene rings is 1. The van der Waals surface area contributed by atoms with E-state index in [0.717, 1.165) is 24.0 Å². The van der Waals surface area contributed by atoms with Crippen molar-refractivity contribution in [3.63, 3.8) is 0 Å². The Morgan fingerprint density at radius 3 is 2.30 bits per heavy atom. The van der Waals surface area contributed by atoms with E-state index in [4.69, 9.17) is 0 Å². The van der Waals surface area contributed by atoms with Crippen LogP contribution < -0.4 is 5.32 Å². The molecule has 1 aromatic rings. The van der Waals surface area contributed by atoms with Gasteiger partial charge in [-0.15, -0.1) is 0 Å². The number of nitrogens with zero attached hydrogens (tertiary/aromatic N) is 2. The van der Waals surface area contributed by atoms with Gasteiger partial charge in [0.05, 0.1) is 10.9 Å². The highest BCUT2D eigenvalue weighted by molar-refractivity contribution is 7.89. The van der Waals surface area contributed by atoms with E-state index in [1.54, 1.807) is 12.1 Å². The molecule has 2 fully saturated rings. The second kappa shape index (κ2) is 8.29. The van der Waals surface area contributed by atoms with Gasteiger partial charge in [0.15, 0.2) is 0 Å². The SMILES string of the molecule is Cc1ccc(S(=O)(=O)N2CCN([C@@H](C)C(=O)NC3CCCC3)CC2)cc1C. The molecule has 0 aromatic heterocycles. The normalized spacial score (nSPS) is 21.3. The summed E-state index contributed by atoms with van der Waals surface area (Å²) in [6.07, 6.45) is 4.52. The van der Waals surface area contributed by atoms with Crippen LogP contribution in [0, 0.1) is 13.8 Å². The highest BCUT2D eigenvalue weighted by atomic mass is 32.2. The number of amides is 1. The maximum atomic E-state index is 12.9. The lowest BCUT2D eigenvalue weighted by molar-refractivity contribution is -0.127. The fourth-order valence-corrected chi connectivity index (χ4v) is 5.42. The van der Waals surface area contributed by atoms with Crippen molar-refractivity contribution >= 4 is 15.9 Å². The summed E-state index contributed by atoms with van der Waals surface area (Å²) >= 11 is 0. The molecule has 1 N–H and O–H groups in total. The van der Waals surface area contributed by atoms with Crippen molar-refractivity contribution in [3.05, 3.63) is 29.3 Å². The minimum atomic E-state index is -3.48. The predicted octanol–water partition coefficient (Wildman–Crippen LogP) is 2.06. The molecule has 1 aliphatic heterocycles. The second-order valence-electron chi connectivity index (χ2n) is 7.85. The number of hydrogen-bond acceptors (Lipinski definition) is 4. The molecule has 3 rings (SSSR count). The smallest absolute Gasteiger partial charge is 0.243 e. The van der Waals surface area contributed by atoms with Crippen LogP contribution in [0.1, 0.15) is 43.7 Å². The summed E-state index contributed by atoms with van der Waals surface area (Å²) in [6.45, 7) is 7.79. The Morgan fingerprint density at radius 2 is 1.70 bits per heavy atom. The van der Waals surface area contributed by atoms with Crippen LogP contribution in [-0.4, -0.2) is 61.8 Å². The van der Waals surface area contributed by atoms with E-state index in [1.807, 2.05) is 26.8 Å². The first-order valence-corrected chi connectivity index (χ1v) is 11.3. The van der Waals surface area contributed by atoms with Crippen molar-refractivity contribution < 1.29 is 13.2 Å². The lowest BCUT2D eigenvalue weighted by Gasteiger charge is -2.37. The highest BCUT2D eigenvalue weighted by Gasteiger charge is 2.32. The van der Waals surface area contributed by atoms with Crippen LogP contribution in [-0.2, 0) is 14.8 Å². The molecule has 1 saturated carbocycles. The zero-order valence-corrected chi connectivity index (χ0v) is 17.4. The number of sulfonamides is 1. The number of rotatable bonds is 5. The number of nitrogens with one attached hydrogen (secondary N) is 1. The summed E-state index contributed by atoms with van der Waals surface area (Å²) in [7, 11) is -3.48. The lowest BCUT2D eigenvalue weighted by atomic mass is 10.1. The number of carbonyl (C=O) groups excluding carboxylic acids is 1. The molecule has 27 heavy (non-hydrogen) atoms. The van der Waals surface area contributed by atoms with Crippen LogP contribution in [0.4, 0.5) is 0 Å². The Bertz CT molecular complexity index is 780. The quantitative estimate of drug-likeness (QED) is 0.831. The molecule has 0 bridgehead atoms. The Hall–Kier alpha value is -1.44. The average Bonchev–Trinajstić information content (AvgIpc) is 3.16. The zero-order chi connectivity index (χ0) is 19.6. The summed E-state index contributed by atoms with van der Waals surface area (Å²) in [6, 6.07) is 5.37. The first kappa shape index (κ1) is 20.3. The van der Waals surface area contributed by atoms with Gasteiger partial charge in [0.2, 0.25) is 15.9 Å². The molecule has 1 amide bonds. The van der Waals surface area contributed by atoms with Gasteiger partial charge in [-0.3, -0.25) is 9.69 Å². The van der Waals surface area contributed by atoms with E-state index >= 15 is 0 Å². The molecular weight excluding hydrogens is 362 g/mol. The summed E-state index contributed by atoms with van der Waals surface area (Å²) in [5.74, 6) is 0.0624. The molecule has 0 unspecified atom stereocenters. The van der Waals surface area contributed by atoms with Gasteiger partial charge in [0.1, 0.15) is 0 Å². The lowest BCUT2D eigenvalue weighted by Crippen LogP contribution is -2.55. The van der Waals surface area contributed by atoms with Gasteiger partial charge in [-0.05, 0) is 56.9 Å². The van der Waals surface area contributed by atoms with Crippen molar-refractivity contribution in [1.29, 1.82) is 0 Å². The van der Waals surface area contributed by atoms with Crippen molar-refractivity contribution in [2.24, 2.45) is 0 Å². The topological polar surface area (TPSA) is 69.7 Å². The van der Waals surface area contributed by atoms with Gasteiger partial charge in [-0.25, -0.2) is 8.42 Å². The Labute approximate surface area is 163 Å². The predicted molar refractivity (Wildman–Crippen MR) is 106 cm³/mol. The number of carbonyl (C=O) groups is 1. The summed E-state index contributed by atoms with van der Waals surface area (Å²) in [5.41, 5.74) is 2.06. The maximum Gasteiger partial charge on any atom is 0.243 e. The Balaban J connectivity index is 1.58. The minimum Gasteiger partial charge on any atom is -0.352 e. The summed E-state index contributed by atoms with van der Waals surface area (Å²) in [5, 5.41) is 3.14. The van der Waals surface area contributed by atoms with Gasteiger partial charge < -0.3 is 5.32 Å². The monoisotopic (exact) mass is 393 g/mol. The number of hydrogen-bond donors (Lipinski definition) is 1. The van der Waals surface area contributed by atoms with Gasteiger partial charge >= 0.3 is 0 Å². The number of piperazine rings is 1. The molecular formula is C20H31N3O3S. The van der Waals surface area contributed by atoms with Gasteiger partial charge in [-0.2, -0.15) is 4.31 Å². The second-order valence-corrected chi connectivity index (χ2v) is 9.79. The maximum absolute atomic E-state index is 12.9. The summed E-state index contributed by atoms with van der Waals surface area (Å²) in [4.78, 5) is 14.9. The van der Waals surface area contributed by atoms with Crippen molar-refractivity contribution in [2.75, 3.05) is 26.2 Å². The van der Waals surface area contributed by atoms with Crippen molar-refractivity contribution in [2.45, 2.75) is 63.4 Å². The first-order valence-electron chi connectivity index (χ1n) is 9.91. The van der Waals surface area contributed by atoms with E-state index in [9.17, 15) is 13.2 Å². The third-order valence-electron chi connectivity index (χ3n) is 6.02. The molecule has 1 aromatic carbocycles. The third-order valence-corrected chi connectivity index (χ3v) is 7.91. The van der Waals surface area contributed by atoms with Crippen LogP contribution in [0.5, 0.6) is 0 Å². The molecule has 1 aliphatic carbocycles. The van der Waals surface area contributed by atoms with Gasteiger partial charge in [0, 0.05) is 32.2 Å². The molecule has 0 radical (unpaired) electrons. The average molecular weight is 394 g/mol. The first-order chi connectivity index (χ1) is 12.8. The zero-order valence-electron chi connectivity index (χ0n) is 16.6. The summed E-state index contributed by atoms with van der Waals surface area (Å²) < 4.78 is 27.4. The van der Waals surface area contributed by atoms with Crippen LogP contribution in [0.25, 0.3) is 0 Å². The van der Waals surface area contributed by atoms with Crippen LogP contribution in [0.2, 0.25) is 0 Å². The number of aryl methyl sites for hydroxylation is 2. The molecule has 0 spiro atoms. The molecule has 150 valence electrons. The van der Waals surface area contributed by atoms with Crippen LogP contribution in [0.15, 0.2) is 23.1 Å². The Kier molecular flexibility index (Phi) is 6.23. The molecule has 1 saturated heterocycles. The van der Waals surface area contributed by atoms with Crippen molar-refractivity contribution in [3.8, 4) is 0 Å².